The van der Waals surface area contributed by atoms with Crippen LogP contribution in [-0.4, -0.2) is 50.7 Å². The highest BCUT2D eigenvalue weighted by atomic mass is 16.6. The maximum Gasteiger partial charge on any atom is 0.341 e. The molecule has 9 nitrogen and oxygen atoms in total. The van der Waals surface area contributed by atoms with Gasteiger partial charge in [0.2, 0.25) is 0 Å². The van der Waals surface area contributed by atoms with Crippen LogP contribution in [0.15, 0.2) is 18.2 Å². The molecular weight excluding hydrogens is 294 g/mol. The zero-order valence-corrected chi connectivity index (χ0v) is 12.3. The molecule has 1 rings (SSSR count). The maximum absolute atomic E-state index is 11.9. The number of carbonyl (C=O) groups excluding carboxylic acids is 2. The Morgan fingerprint density at radius 3 is 2.68 bits per heavy atom. The summed E-state index contributed by atoms with van der Waals surface area (Å²) in [6.07, 6.45) is 0. The van der Waals surface area contributed by atoms with E-state index >= 15 is 0 Å². The highest BCUT2D eigenvalue weighted by molar-refractivity contribution is 5.97. The first-order valence-corrected chi connectivity index (χ1v) is 6.38. The zero-order valence-electron chi connectivity index (χ0n) is 12.3. The highest BCUT2D eigenvalue weighted by Gasteiger charge is 2.18. The summed E-state index contributed by atoms with van der Waals surface area (Å²) in [5.41, 5.74) is 0.118. The van der Waals surface area contributed by atoms with E-state index in [1.165, 1.54) is 19.2 Å². The summed E-state index contributed by atoms with van der Waals surface area (Å²) in [5, 5.41) is 16.0. The lowest BCUT2D eigenvalue weighted by atomic mass is 10.1. The molecule has 22 heavy (non-hydrogen) atoms. The number of ether oxygens (including phenoxy) is 2. The lowest BCUT2D eigenvalue weighted by Crippen LogP contribution is -2.31. The van der Waals surface area contributed by atoms with E-state index in [0.29, 0.717) is 18.8 Å². The number of nitro groups is 1. The molecule has 1 aromatic carbocycles. The Morgan fingerprint density at radius 1 is 1.36 bits per heavy atom. The number of rotatable bonds is 8. The van der Waals surface area contributed by atoms with Crippen molar-refractivity contribution in [2.75, 3.05) is 39.2 Å². The number of esters is 1. The van der Waals surface area contributed by atoms with E-state index < -0.39 is 23.4 Å². The molecule has 9 heteroatoms. The van der Waals surface area contributed by atoms with Crippen molar-refractivity contribution in [3.8, 4) is 0 Å². The summed E-state index contributed by atoms with van der Waals surface area (Å²) in [6, 6.07) is 3.75. The van der Waals surface area contributed by atoms with Gasteiger partial charge in [0.05, 0.1) is 17.1 Å². The zero-order chi connectivity index (χ0) is 16.5. The van der Waals surface area contributed by atoms with Crippen molar-refractivity contribution in [1.82, 2.24) is 5.32 Å². The number of carbonyl (C=O) groups is 2. The lowest BCUT2D eigenvalue weighted by Gasteiger charge is -2.09. The van der Waals surface area contributed by atoms with E-state index in [1.807, 2.05) is 0 Å². The molecule has 0 fully saturated rings. The molecule has 0 spiro atoms. The van der Waals surface area contributed by atoms with E-state index in [-0.39, 0.29) is 11.3 Å². The number of amides is 1. The summed E-state index contributed by atoms with van der Waals surface area (Å²) in [6.45, 7) is 0.161. The van der Waals surface area contributed by atoms with Gasteiger partial charge in [0.1, 0.15) is 0 Å². The van der Waals surface area contributed by atoms with Gasteiger partial charge in [0, 0.05) is 38.5 Å². The van der Waals surface area contributed by atoms with Gasteiger partial charge in [0.15, 0.2) is 6.61 Å². The molecule has 0 aromatic heterocycles. The summed E-state index contributed by atoms with van der Waals surface area (Å²) < 4.78 is 9.60. The summed E-state index contributed by atoms with van der Waals surface area (Å²) in [4.78, 5) is 33.5. The van der Waals surface area contributed by atoms with Crippen LogP contribution in [0.5, 0.6) is 0 Å². The van der Waals surface area contributed by atoms with Crippen molar-refractivity contribution >= 4 is 23.3 Å². The normalized spacial score (nSPS) is 9.91. The van der Waals surface area contributed by atoms with E-state index in [4.69, 9.17) is 9.47 Å². The van der Waals surface area contributed by atoms with Crippen LogP contribution < -0.4 is 10.6 Å². The van der Waals surface area contributed by atoms with Crippen LogP contribution in [0.4, 0.5) is 11.4 Å². The van der Waals surface area contributed by atoms with Crippen LogP contribution in [0.25, 0.3) is 0 Å². The van der Waals surface area contributed by atoms with Gasteiger partial charge in [-0.2, -0.15) is 0 Å². The summed E-state index contributed by atoms with van der Waals surface area (Å²) in [5.74, 6) is -1.31. The molecule has 0 unspecified atom stereocenters. The second kappa shape index (κ2) is 8.57. The molecule has 0 aliphatic carbocycles. The van der Waals surface area contributed by atoms with Crippen molar-refractivity contribution in [3.63, 3.8) is 0 Å². The van der Waals surface area contributed by atoms with Gasteiger partial charge in [-0.1, -0.05) is 0 Å². The molecule has 2 N–H and O–H groups in total. The Labute approximate surface area is 126 Å². The average molecular weight is 311 g/mol. The molecule has 0 atom stereocenters. The predicted molar refractivity (Wildman–Crippen MR) is 77.8 cm³/mol. The molecule has 0 bridgehead atoms. The molecule has 120 valence electrons. The minimum Gasteiger partial charge on any atom is -0.452 e. The van der Waals surface area contributed by atoms with Gasteiger partial charge in [-0.05, 0) is 6.07 Å². The topological polar surface area (TPSA) is 120 Å². The number of non-ortho nitro benzene ring substituents is 1. The van der Waals surface area contributed by atoms with Gasteiger partial charge >= 0.3 is 5.97 Å². The van der Waals surface area contributed by atoms with E-state index in [1.54, 1.807) is 7.05 Å². The molecule has 1 amide bonds. The number of nitrogens with zero attached hydrogens (tertiary/aromatic N) is 1. The van der Waals surface area contributed by atoms with E-state index in [9.17, 15) is 19.7 Å². The monoisotopic (exact) mass is 311 g/mol. The minimum absolute atomic E-state index is 0.0126. The minimum atomic E-state index is -0.824. The van der Waals surface area contributed by atoms with Crippen molar-refractivity contribution in [1.29, 1.82) is 0 Å². The second-order valence-corrected chi connectivity index (χ2v) is 4.16. The fraction of sp³-hybridized carbons (Fsp3) is 0.385. The first kappa shape index (κ1) is 17.4. The van der Waals surface area contributed by atoms with Crippen molar-refractivity contribution < 1.29 is 24.0 Å². The number of anilines is 1. The largest absolute Gasteiger partial charge is 0.452 e. The Bertz CT molecular complexity index is 561. The number of benzene rings is 1. The van der Waals surface area contributed by atoms with Crippen LogP contribution in [0.2, 0.25) is 0 Å². The van der Waals surface area contributed by atoms with Gasteiger partial charge in [-0.25, -0.2) is 4.79 Å². The Hall–Kier alpha value is -2.68. The van der Waals surface area contributed by atoms with Gasteiger partial charge in [0.25, 0.3) is 11.6 Å². The number of hydrogen-bond acceptors (Lipinski definition) is 7. The average Bonchev–Trinajstić information content (AvgIpc) is 2.52. The van der Waals surface area contributed by atoms with Crippen LogP contribution in [-0.2, 0) is 14.3 Å². The predicted octanol–water partition coefficient (Wildman–Crippen LogP) is 0.556. The summed E-state index contributed by atoms with van der Waals surface area (Å²) >= 11 is 0. The Balaban J connectivity index is 2.70. The van der Waals surface area contributed by atoms with E-state index in [0.717, 1.165) is 6.07 Å². The van der Waals surface area contributed by atoms with Crippen molar-refractivity contribution in [2.45, 2.75) is 0 Å². The summed E-state index contributed by atoms with van der Waals surface area (Å²) in [7, 11) is 3.06. The fourth-order valence-electron chi connectivity index (χ4n) is 1.59. The first-order valence-electron chi connectivity index (χ1n) is 6.38. The molecule has 0 heterocycles. The second-order valence-electron chi connectivity index (χ2n) is 4.16. The smallest absolute Gasteiger partial charge is 0.341 e. The molecule has 0 radical (unpaired) electrons. The maximum atomic E-state index is 11.9. The third-order valence-electron chi connectivity index (χ3n) is 2.67. The molecule has 0 saturated carbocycles. The molecule has 0 saturated heterocycles. The molecule has 0 aliphatic heterocycles. The van der Waals surface area contributed by atoms with Crippen molar-refractivity contribution in [2.24, 2.45) is 0 Å². The van der Waals surface area contributed by atoms with Crippen LogP contribution in [0, 0.1) is 10.1 Å². The van der Waals surface area contributed by atoms with Crippen LogP contribution in [0.1, 0.15) is 10.4 Å². The van der Waals surface area contributed by atoms with Crippen LogP contribution in [0.3, 0.4) is 0 Å². The first-order chi connectivity index (χ1) is 10.5. The molecule has 1 aromatic rings. The lowest BCUT2D eigenvalue weighted by molar-refractivity contribution is -0.384. The van der Waals surface area contributed by atoms with Crippen molar-refractivity contribution in [3.05, 3.63) is 33.9 Å². The molecular formula is C13H17N3O6. The Morgan fingerprint density at radius 2 is 2.09 bits per heavy atom. The standard InChI is InChI=1S/C13H17N3O6/c1-14-11-4-3-9(16(19)20)7-10(11)13(18)22-8-12(17)15-5-6-21-2/h3-4,7,14H,5-6,8H2,1-2H3,(H,15,17). The number of hydrogen-bond donors (Lipinski definition) is 2. The third-order valence-corrected chi connectivity index (χ3v) is 2.67. The highest BCUT2D eigenvalue weighted by Crippen LogP contribution is 2.22. The number of methoxy groups -OCH3 is 1. The van der Waals surface area contributed by atoms with Gasteiger partial charge < -0.3 is 20.1 Å². The quantitative estimate of drug-likeness (QED) is 0.311. The number of nitro benzene ring substituents is 1. The Kier molecular flexibility index (Phi) is 6.77. The van der Waals surface area contributed by atoms with Gasteiger partial charge in [-0.15, -0.1) is 0 Å². The molecule has 0 aliphatic rings. The van der Waals surface area contributed by atoms with Gasteiger partial charge in [-0.3, -0.25) is 14.9 Å². The van der Waals surface area contributed by atoms with E-state index in [2.05, 4.69) is 10.6 Å². The van der Waals surface area contributed by atoms with Crippen LogP contribution >= 0.6 is 0 Å². The SMILES string of the molecule is CNc1ccc([N+](=O)[O-])cc1C(=O)OCC(=O)NCCOC. The fourth-order valence-corrected chi connectivity index (χ4v) is 1.59. The third kappa shape index (κ3) is 5.02. The number of nitrogens with one attached hydrogen (secondary N) is 2.